The topological polar surface area (TPSA) is 29.9 Å². The van der Waals surface area contributed by atoms with Crippen LogP contribution < -0.4 is 5.32 Å². The first-order chi connectivity index (χ1) is 8.70. The van der Waals surface area contributed by atoms with Crippen molar-refractivity contribution in [3.05, 3.63) is 28.0 Å². The number of aryl methyl sites for hydroxylation is 2. The molecule has 0 saturated heterocycles. The Kier molecular flexibility index (Phi) is 7.28. The average molecular weight is 314 g/mol. The second kappa shape index (κ2) is 8.48. The van der Waals surface area contributed by atoms with Crippen molar-refractivity contribution in [2.24, 2.45) is 7.05 Å². The highest BCUT2D eigenvalue weighted by Gasteiger charge is 2.10. The Labute approximate surface area is 119 Å². The van der Waals surface area contributed by atoms with Gasteiger partial charge in [0.05, 0.1) is 15.9 Å². The maximum absolute atomic E-state index is 4.49. The number of nitrogens with zero attached hydrogens (tertiary/aromatic N) is 2. The standard InChI is InChI=1S/C14H24BrN3/c1-4-10-16-11-8-6-7-9-13-14(15)12(5-2)17-18(13)3/h6-7,16H,4-5,8-11H2,1-3H3. The minimum atomic E-state index is 0.942. The normalized spacial score (nSPS) is 11.6. The van der Waals surface area contributed by atoms with Crippen LogP contribution >= 0.6 is 15.9 Å². The van der Waals surface area contributed by atoms with Crippen molar-refractivity contribution in [3.8, 4) is 0 Å². The number of halogens is 1. The van der Waals surface area contributed by atoms with Crippen LogP contribution in [0, 0.1) is 0 Å². The molecule has 1 heterocycles. The van der Waals surface area contributed by atoms with Gasteiger partial charge in [-0.1, -0.05) is 26.0 Å². The van der Waals surface area contributed by atoms with Crippen molar-refractivity contribution < 1.29 is 0 Å². The van der Waals surface area contributed by atoms with Gasteiger partial charge in [-0.05, 0) is 48.3 Å². The van der Waals surface area contributed by atoms with E-state index in [0.717, 1.165) is 38.0 Å². The van der Waals surface area contributed by atoms with Crippen LogP contribution in [0.1, 0.15) is 38.1 Å². The zero-order valence-corrected chi connectivity index (χ0v) is 13.3. The van der Waals surface area contributed by atoms with Crippen molar-refractivity contribution in [2.75, 3.05) is 13.1 Å². The first kappa shape index (κ1) is 15.4. The van der Waals surface area contributed by atoms with E-state index in [-0.39, 0.29) is 0 Å². The lowest BCUT2D eigenvalue weighted by Gasteiger charge is -2.00. The fourth-order valence-corrected chi connectivity index (χ4v) is 2.62. The lowest BCUT2D eigenvalue weighted by atomic mass is 10.2. The third-order valence-electron chi connectivity index (χ3n) is 2.90. The van der Waals surface area contributed by atoms with E-state index < -0.39 is 0 Å². The number of allylic oxidation sites excluding steroid dienone is 1. The molecule has 0 spiro atoms. The number of nitrogens with one attached hydrogen (secondary N) is 1. The van der Waals surface area contributed by atoms with E-state index in [9.17, 15) is 0 Å². The van der Waals surface area contributed by atoms with Crippen molar-refractivity contribution in [1.82, 2.24) is 15.1 Å². The minimum Gasteiger partial charge on any atom is -0.316 e. The molecular weight excluding hydrogens is 290 g/mol. The van der Waals surface area contributed by atoms with Gasteiger partial charge in [0.1, 0.15) is 0 Å². The smallest absolute Gasteiger partial charge is 0.0766 e. The summed E-state index contributed by atoms with van der Waals surface area (Å²) in [6.07, 6.45) is 8.68. The van der Waals surface area contributed by atoms with Crippen LogP contribution in [0.15, 0.2) is 16.6 Å². The molecule has 1 aromatic rings. The molecule has 0 bridgehead atoms. The van der Waals surface area contributed by atoms with Crippen LogP contribution in [-0.4, -0.2) is 22.9 Å². The van der Waals surface area contributed by atoms with Gasteiger partial charge in [-0.25, -0.2) is 0 Å². The van der Waals surface area contributed by atoms with E-state index in [4.69, 9.17) is 0 Å². The maximum atomic E-state index is 4.49. The molecule has 0 aliphatic rings. The lowest BCUT2D eigenvalue weighted by Crippen LogP contribution is -2.15. The van der Waals surface area contributed by atoms with E-state index >= 15 is 0 Å². The van der Waals surface area contributed by atoms with E-state index in [1.165, 1.54) is 16.6 Å². The van der Waals surface area contributed by atoms with Gasteiger partial charge in [0, 0.05) is 13.5 Å². The van der Waals surface area contributed by atoms with Crippen molar-refractivity contribution in [2.45, 2.75) is 39.5 Å². The quantitative estimate of drug-likeness (QED) is 0.590. The van der Waals surface area contributed by atoms with Gasteiger partial charge in [-0.3, -0.25) is 4.68 Å². The molecule has 1 aromatic heterocycles. The molecule has 3 nitrogen and oxygen atoms in total. The summed E-state index contributed by atoms with van der Waals surface area (Å²) in [5.74, 6) is 0. The number of hydrogen-bond donors (Lipinski definition) is 1. The van der Waals surface area contributed by atoms with Crippen LogP contribution in [0.25, 0.3) is 0 Å². The Balaban J connectivity index is 2.39. The minimum absolute atomic E-state index is 0.942. The molecule has 0 aromatic carbocycles. The van der Waals surface area contributed by atoms with Gasteiger partial charge in [0.2, 0.25) is 0 Å². The van der Waals surface area contributed by atoms with Crippen LogP contribution in [0.2, 0.25) is 0 Å². The van der Waals surface area contributed by atoms with Crippen molar-refractivity contribution in [3.63, 3.8) is 0 Å². The van der Waals surface area contributed by atoms with Gasteiger partial charge in [0.15, 0.2) is 0 Å². The third kappa shape index (κ3) is 4.58. The SMILES string of the molecule is CCCNCCC=CCc1c(Br)c(CC)nn1C. The first-order valence-electron chi connectivity index (χ1n) is 6.76. The Morgan fingerprint density at radius 2 is 2.06 bits per heavy atom. The fraction of sp³-hybridized carbons (Fsp3) is 0.643. The monoisotopic (exact) mass is 313 g/mol. The molecule has 18 heavy (non-hydrogen) atoms. The number of aromatic nitrogens is 2. The molecule has 4 heteroatoms. The van der Waals surface area contributed by atoms with E-state index in [1.54, 1.807) is 0 Å². The van der Waals surface area contributed by atoms with E-state index in [2.05, 4.69) is 52.3 Å². The van der Waals surface area contributed by atoms with Crippen LogP contribution in [0.5, 0.6) is 0 Å². The first-order valence-corrected chi connectivity index (χ1v) is 7.55. The number of hydrogen-bond acceptors (Lipinski definition) is 2. The molecule has 0 fully saturated rings. The molecule has 102 valence electrons. The highest BCUT2D eigenvalue weighted by atomic mass is 79.9. The molecule has 0 radical (unpaired) electrons. The average Bonchev–Trinajstić information content (AvgIpc) is 2.64. The van der Waals surface area contributed by atoms with Crippen molar-refractivity contribution >= 4 is 15.9 Å². The second-order valence-electron chi connectivity index (χ2n) is 4.40. The molecular formula is C14H24BrN3. The van der Waals surface area contributed by atoms with Crippen LogP contribution in [0.4, 0.5) is 0 Å². The Morgan fingerprint density at radius 3 is 2.67 bits per heavy atom. The van der Waals surface area contributed by atoms with Crippen molar-refractivity contribution in [1.29, 1.82) is 0 Å². The van der Waals surface area contributed by atoms with Gasteiger partial charge >= 0.3 is 0 Å². The summed E-state index contributed by atoms with van der Waals surface area (Å²) in [5.41, 5.74) is 2.40. The van der Waals surface area contributed by atoms with Gasteiger partial charge < -0.3 is 5.32 Å². The zero-order chi connectivity index (χ0) is 13.4. The Morgan fingerprint density at radius 1 is 1.28 bits per heavy atom. The molecule has 0 atom stereocenters. The summed E-state index contributed by atoms with van der Waals surface area (Å²) in [6.45, 7) is 6.50. The summed E-state index contributed by atoms with van der Waals surface area (Å²) in [4.78, 5) is 0. The van der Waals surface area contributed by atoms with Gasteiger partial charge in [-0.2, -0.15) is 5.10 Å². The van der Waals surface area contributed by atoms with E-state index in [0.29, 0.717) is 0 Å². The highest BCUT2D eigenvalue weighted by Crippen LogP contribution is 2.22. The summed E-state index contributed by atoms with van der Waals surface area (Å²) in [5, 5.41) is 7.88. The highest BCUT2D eigenvalue weighted by molar-refractivity contribution is 9.10. The fourth-order valence-electron chi connectivity index (χ4n) is 1.84. The summed E-state index contributed by atoms with van der Waals surface area (Å²) >= 11 is 3.64. The lowest BCUT2D eigenvalue weighted by molar-refractivity contribution is 0.677. The van der Waals surface area contributed by atoms with Gasteiger partial charge in [-0.15, -0.1) is 0 Å². The van der Waals surface area contributed by atoms with Crippen LogP contribution in [-0.2, 0) is 19.9 Å². The molecule has 1 rings (SSSR count). The largest absolute Gasteiger partial charge is 0.316 e. The molecule has 0 aliphatic carbocycles. The van der Waals surface area contributed by atoms with E-state index in [1.807, 2.05) is 11.7 Å². The summed E-state index contributed by atoms with van der Waals surface area (Å²) in [7, 11) is 2.01. The third-order valence-corrected chi connectivity index (χ3v) is 3.81. The summed E-state index contributed by atoms with van der Waals surface area (Å²) in [6, 6.07) is 0. The predicted molar refractivity (Wildman–Crippen MR) is 80.9 cm³/mol. The molecule has 0 amide bonds. The number of rotatable bonds is 8. The molecule has 0 saturated carbocycles. The Bertz CT molecular complexity index is 383. The summed E-state index contributed by atoms with van der Waals surface area (Å²) < 4.78 is 3.14. The van der Waals surface area contributed by atoms with Gasteiger partial charge in [0.25, 0.3) is 0 Å². The maximum Gasteiger partial charge on any atom is 0.0766 e. The van der Waals surface area contributed by atoms with Crippen LogP contribution in [0.3, 0.4) is 0 Å². The Hall–Kier alpha value is -0.610. The zero-order valence-electron chi connectivity index (χ0n) is 11.7. The predicted octanol–water partition coefficient (Wildman–Crippen LogP) is 3.23. The molecule has 0 unspecified atom stereocenters. The molecule has 1 N–H and O–H groups in total. The second-order valence-corrected chi connectivity index (χ2v) is 5.19. The molecule has 0 aliphatic heterocycles.